The van der Waals surface area contributed by atoms with Gasteiger partial charge in [-0.15, -0.1) is 0 Å². The average Bonchev–Trinajstić information content (AvgIpc) is 3.25. The summed E-state index contributed by atoms with van der Waals surface area (Å²) in [6.07, 6.45) is -4.73. The van der Waals surface area contributed by atoms with Gasteiger partial charge in [-0.3, -0.25) is 4.79 Å². The topological polar surface area (TPSA) is 65.4 Å². The Labute approximate surface area is 202 Å². The van der Waals surface area contributed by atoms with Crippen LogP contribution in [0.15, 0.2) is 66.9 Å². The van der Waals surface area contributed by atoms with Crippen molar-refractivity contribution in [2.45, 2.75) is 25.2 Å². The number of hydrogen-bond acceptors (Lipinski definition) is 4. The Balaban J connectivity index is 1.66. The maximum atomic E-state index is 14.4. The zero-order valence-electron chi connectivity index (χ0n) is 19.0. The Kier molecular flexibility index (Phi) is 6.82. The van der Waals surface area contributed by atoms with Crippen LogP contribution in [0.4, 0.5) is 22.0 Å². The van der Waals surface area contributed by atoms with E-state index in [0.29, 0.717) is 16.6 Å². The van der Waals surface area contributed by atoms with Crippen molar-refractivity contribution in [2.24, 2.45) is 0 Å². The predicted octanol–water partition coefficient (Wildman–Crippen LogP) is 5.50. The molecule has 3 aromatic carbocycles. The lowest BCUT2D eigenvalue weighted by Gasteiger charge is -2.27. The third kappa shape index (κ3) is 5.24. The van der Waals surface area contributed by atoms with E-state index in [2.05, 4.69) is 5.10 Å². The zero-order valence-corrected chi connectivity index (χ0v) is 19.0. The number of fused-ring (bicyclic) bond motifs is 1. The van der Waals surface area contributed by atoms with Crippen LogP contribution in [0.3, 0.4) is 0 Å². The molecule has 188 valence electrons. The number of methoxy groups -OCH3 is 1. The summed E-state index contributed by atoms with van der Waals surface area (Å²) in [6, 6.07) is 13.2. The quantitative estimate of drug-likeness (QED) is 0.337. The minimum atomic E-state index is -5.10. The van der Waals surface area contributed by atoms with Gasteiger partial charge in [0, 0.05) is 5.39 Å². The molecule has 0 aliphatic carbocycles. The molecule has 0 radical (unpaired) electrons. The summed E-state index contributed by atoms with van der Waals surface area (Å²) in [5, 5.41) is 6.79. The number of aromatic nitrogens is 2. The van der Waals surface area contributed by atoms with E-state index in [1.54, 1.807) is 41.2 Å². The average molecular weight is 505 g/mol. The summed E-state index contributed by atoms with van der Waals surface area (Å²) < 4.78 is 78.6. The summed E-state index contributed by atoms with van der Waals surface area (Å²) in [5.41, 5.74) is 1.47. The van der Waals surface area contributed by atoms with Crippen molar-refractivity contribution in [3.63, 3.8) is 0 Å². The van der Waals surface area contributed by atoms with Gasteiger partial charge in [-0.25, -0.2) is 13.5 Å². The van der Waals surface area contributed by atoms with Crippen molar-refractivity contribution in [3.8, 4) is 17.2 Å². The van der Waals surface area contributed by atoms with Crippen molar-refractivity contribution in [2.75, 3.05) is 7.11 Å². The third-order valence-electron chi connectivity index (χ3n) is 5.45. The smallest absolute Gasteiger partial charge is 0.471 e. The van der Waals surface area contributed by atoms with Crippen LogP contribution in [0.1, 0.15) is 18.6 Å². The first-order valence-electron chi connectivity index (χ1n) is 10.7. The van der Waals surface area contributed by atoms with Gasteiger partial charge < -0.3 is 14.8 Å². The van der Waals surface area contributed by atoms with Crippen LogP contribution in [0.5, 0.6) is 11.5 Å². The van der Waals surface area contributed by atoms with Crippen LogP contribution in [0.25, 0.3) is 16.6 Å². The molecule has 0 aliphatic heterocycles. The van der Waals surface area contributed by atoms with Gasteiger partial charge in [0.1, 0.15) is 17.7 Å². The van der Waals surface area contributed by atoms with E-state index >= 15 is 0 Å². The van der Waals surface area contributed by atoms with Gasteiger partial charge in [0.2, 0.25) is 0 Å². The first-order valence-corrected chi connectivity index (χ1v) is 10.7. The molecule has 0 fully saturated rings. The molecule has 1 aromatic heterocycles. The highest BCUT2D eigenvalue weighted by Gasteiger charge is 2.40. The summed E-state index contributed by atoms with van der Waals surface area (Å²) in [4.78, 5) is 11.5. The van der Waals surface area contributed by atoms with E-state index in [-0.39, 0.29) is 17.1 Å². The molecule has 0 unspecified atom stereocenters. The Bertz CT molecular complexity index is 1390. The number of halogens is 5. The Morgan fingerprint density at radius 3 is 2.39 bits per heavy atom. The van der Waals surface area contributed by atoms with E-state index in [9.17, 15) is 26.7 Å². The Morgan fingerprint density at radius 1 is 1.03 bits per heavy atom. The number of carbonyl (C=O) groups is 1. The molecule has 0 bridgehead atoms. The van der Waals surface area contributed by atoms with Crippen LogP contribution in [0.2, 0.25) is 0 Å². The summed E-state index contributed by atoms with van der Waals surface area (Å²) in [7, 11) is 1.28. The number of alkyl halides is 3. The second kappa shape index (κ2) is 9.84. The maximum Gasteiger partial charge on any atom is 0.471 e. The van der Waals surface area contributed by atoms with Gasteiger partial charge >= 0.3 is 12.1 Å². The highest BCUT2D eigenvalue weighted by Crippen LogP contribution is 2.31. The van der Waals surface area contributed by atoms with Gasteiger partial charge in [-0.2, -0.15) is 18.3 Å². The minimum Gasteiger partial charge on any atom is -0.494 e. The molecular weight excluding hydrogens is 485 g/mol. The van der Waals surface area contributed by atoms with Gasteiger partial charge in [-0.05, 0) is 67.1 Å². The fourth-order valence-corrected chi connectivity index (χ4v) is 3.70. The lowest BCUT2D eigenvalue weighted by atomic mass is 10.0. The number of carbonyl (C=O) groups excluding carboxylic acids is 1. The van der Waals surface area contributed by atoms with Gasteiger partial charge in [0.15, 0.2) is 11.6 Å². The normalized spacial score (nSPS) is 13.3. The molecule has 2 atom stereocenters. The number of nitrogens with zero attached hydrogens (tertiary/aromatic N) is 2. The fraction of sp³-hybridized carbons (Fsp3) is 0.200. The molecule has 0 spiro atoms. The highest BCUT2D eigenvalue weighted by molar-refractivity contribution is 5.82. The minimum absolute atomic E-state index is 0.0564. The monoisotopic (exact) mass is 505 g/mol. The summed E-state index contributed by atoms with van der Waals surface area (Å²) in [5.74, 6) is -3.09. The van der Waals surface area contributed by atoms with E-state index in [1.165, 1.54) is 38.3 Å². The van der Waals surface area contributed by atoms with Gasteiger partial charge in [-0.1, -0.05) is 6.07 Å². The zero-order chi connectivity index (χ0) is 26.0. The molecule has 0 aliphatic rings. The molecule has 11 heteroatoms. The molecule has 1 heterocycles. The van der Waals surface area contributed by atoms with Crippen LogP contribution >= 0.6 is 0 Å². The molecule has 0 saturated carbocycles. The number of rotatable bonds is 7. The van der Waals surface area contributed by atoms with Crippen molar-refractivity contribution < 1.29 is 36.2 Å². The Morgan fingerprint density at radius 2 is 1.75 bits per heavy atom. The molecule has 36 heavy (non-hydrogen) atoms. The molecule has 4 rings (SSSR count). The summed E-state index contributed by atoms with van der Waals surface area (Å²) in [6.45, 7) is 1.32. The van der Waals surface area contributed by atoms with Crippen molar-refractivity contribution >= 4 is 16.8 Å². The van der Waals surface area contributed by atoms with Crippen LogP contribution in [0, 0.1) is 11.6 Å². The van der Waals surface area contributed by atoms with Crippen LogP contribution in [-0.2, 0) is 4.79 Å². The van der Waals surface area contributed by atoms with Gasteiger partial charge in [0.05, 0.1) is 30.6 Å². The molecule has 1 amide bonds. The van der Waals surface area contributed by atoms with Gasteiger partial charge in [0.25, 0.3) is 0 Å². The Hall–Kier alpha value is -4.15. The molecule has 6 nitrogen and oxygen atoms in total. The molecule has 1 N–H and O–H groups in total. The molecular formula is C25H20F5N3O3. The van der Waals surface area contributed by atoms with E-state index in [1.807, 2.05) is 5.32 Å². The number of benzene rings is 3. The SMILES string of the molecule is COc1ccc([C@@H](Oc2ccc3c(cnn3-c3ccc(F)cc3)c2)[C@H](C)NC(=O)C(F)(F)F)cc1F. The highest BCUT2D eigenvalue weighted by atomic mass is 19.4. The fourth-order valence-electron chi connectivity index (χ4n) is 3.70. The lowest BCUT2D eigenvalue weighted by Crippen LogP contribution is -2.45. The number of amides is 1. The number of hydrogen-bond donors (Lipinski definition) is 1. The second-order valence-corrected chi connectivity index (χ2v) is 7.95. The standard InChI is InChI=1S/C25H20F5N3O3/c1-14(32-24(34)25(28,29)30)23(15-3-10-22(35-2)20(27)12-15)36-19-8-9-21-16(11-19)13-31-33(21)18-6-4-17(26)5-7-18/h3-14,23H,1-2H3,(H,32,34)/t14-,23-/m0/s1. The van der Waals surface area contributed by atoms with Crippen molar-refractivity contribution in [1.82, 2.24) is 15.1 Å². The first-order chi connectivity index (χ1) is 17.1. The molecule has 0 saturated heterocycles. The largest absolute Gasteiger partial charge is 0.494 e. The number of nitrogens with one attached hydrogen (secondary N) is 1. The second-order valence-electron chi connectivity index (χ2n) is 7.95. The number of ether oxygens (including phenoxy) is 2. The maximum absolute atomic E-state index is 14.4. The summed E-state index contributed by atoms with van der Waals surface area (Å²) >= 11 is 0. The third-order valence-corrected chi connectivity index (χ3v) is 5.45. The van der Waals surface area contributed by atoms with Crippen molar-refractivity contribution in [1.29, 1.82) is 0 Å². The van der Waals surface area contributed by atoms with E-state index in [0.717, 1.165) is 6.07 Å². The van der Waals surface area contributed by atoms with Crippen molar-refractivity contribution in [3.05, 3.63) is 84.1 Å². The van der Waals surface area contributed by atoms with E-state index in [4.69, 9.17) is 9.47 Å². The molecule has 4 aromatic rings. The lowest BCUT2D eigenvalue weighted by molar-refractivity contribution is -0.174. The predicted molar refractivity (Wildman–Crippen MR) is 121 cm³/mol. The van der Waals surface area contributed by atoms with E-state index < -0.39 is 35.9 Å². The first kappa shape index (κ1) is 25.0. The van der Waals surface area contributed by atoms with Crippen LogP contribution < -0.4 is 14.8 Å². The van der Waals surface area contributed by atoms with Crippen LogP contribution in [-0.4, -0.2) is 35.0 Å².